The fourth-order valence-corrected chi connectivity index (χ4v) is 1.52. The molecule has 0 aliphatic carbocycles. The summed E-state index contributed by atoms with van der Waals surface area (Å²) in [6.45, 7) is 5.42. The van der Waals surface area contributed by atoms with Gasteiger partial charge in [-0.15, -0.1) is 0 Å². The fourth-order valence-electron chi connectivity index (χ4n) is 1.52. The van der Waals surface area contributed by atoms with E-state index in [9.17, 15) is 0 Å². The molecule has 1 nitrogen and oxygen atoms in total. The van der Waals surface area contributed by atoms with Gasteiger partial charge in [0.25, 0.3) is 0 Å². The zero-order valence-corrected chi connectivity index (χ0v) is 10.0. The van der Waals surface area contributed by atoms with E-state index < -0.39 is 0 Å². The molecule has 1 rings (SSSR count). The van der Waals surface area contributed by atoms with Crippen LogP contribution in [0.25, 0.3) is 6.08 Å². The number of unbranched alkanes of at least 4 members (excludes halogenated alkanes) is 1. The van der Waals surface area contributed by atoms with Crippen molar-refractivity contribution >= 4 is 11.8 Å². The second-order valence-corrected chi connectivity index (χ2v) is 3.76. The van der Waals surface area contributed by atoms with Gasteiger partial charge in [0.15, 0.2) is 0 Å². The standard InChI is InChI=1S/C14H21N/c1-4-6-7-10-13-11-8-9-12-14(13)15(3)5-2/h7-12H,4-6H2,1-3H3/b10-7+. The maximum absolute atomic E-state index is 2.27. The van der Waals surface area contributed by atoms with E-state index >= 15 is 0 Å². The predicted molar refractivity (Wildman–Crippen MR) is 69.3 cm³/mol. The van der Waals surface area contributed by atoms with Gasteiger partial charge in [-0.2, -0.15) is 0 Å². The fraction of sp³-hybridized carbons (Fsp3) is 0.429. The van der Waals surface area contributed by atoms with Crippen molar-refractivity contribution in [3.63, 3.8) is 0 Å². The third-order valence-corrected chi connectivity index (χ3v) is 2.58. The monoisotopic (exact) mass is 203 g/mol. The summed E-state index contributed by atoms with van der Waals surface area (Å²) in [5, 5.41) is 0. The van der Waals surface area contributed by atoms with Crippen molar-refractivity contribution in [1.82, 2.24) is 0 Å². The molecular formula is C14H21N. The molecule has 1 aromatic rings. The average Bonchev–Trinajstić information content (AvgIpc) is 2.29. The highest BCUT2D eigenvalue weighted by molar-refractivity contribution is 5.67. The van der Waals surface area contributed by atoms with Crippen LogP contribution in [0, 0.1) is 0 Å². The van der Waals surface area contributed by atoms with Crippen LogP contribution in [0.3, 0.4) is 0 Å². The largest absolute Gasteiger partial charge is 0.374 e. The molecule has 0 heterocycles. The lowest BCUT2D eigenvalue weighted by atomic mass is 10.1. The third kappa shape index (κ3) is 3.43. The first-order chi connectivity index (χ1) is 7.29. The highest BCUT2D eigenvalue weighted by Crippen LogP contribution is 2.20. The van der Waals surface area contributed by atoms with Crippen LogP contribution >= 0.6 is 0 Å². The number of allylic oxidation sites excluding steroid dienone is 1. The number of para-hydroxylation sites is 1. The first-order valence-corrected chi connectivity index (χ1v) is 5.76. The van der Waals surface area contributed by atoms with E-state index in [2.05, 4.69) is 62.2 Å². The Bertz CT molecular complexity index is 315. The van der Waals surface area contributed by atoms with E-state index in [1.54, 1.807) is 0 Å². The van der Waals surface area contributed by atoms with Crippen LogP contribution in [0.5, 0.6) is 0 Å². The van der Waals surface area contributed by atoms with E-state index in [1.807, 2.05) is 0 Å². The smallest absolute Gasteiger partial charge is 0.0437 e. The number of anilines is 1. The zero-order valence-electron chi connectivity index (χ0n) is 10.0. The van der Waals surface area contributed by atoms with Gasteiger partial charge in [0.1, 0.15) is 0 Å². The van der Waals surface area contributed by atoms with Gasteiger partial charge in [-0.05, 0) is 25.0 Å². The van der Waals surface area contributed by atoms with Crippen molar-refractivity contribution in [3.05, 3.63) is 35.9 Å². The number of hydrogen-bond donors (Lipinski definition) is 0. The third-order valence-electron chi connectivity index (χ3n) is 2.58. The molecule has 0 unspecified atom stereocenters. The second kappa shape index (κ2) is 6.28. The molecule has 0 aromatic heterocycles. The highest BCUT2D eigenvalue weighted by atomic mass is 15.1. The Morgan fingerprint density at radius 1 is 1.20 bits per heavy atom. The maximum Gasteiger partial charge on any atom is 0.0437 e. The molecule has 0 radical (unpaired) electrons. The lowest BCUT2D eigenvalue weighted by molar-refractivity contribution is 0.958. The number of hydrogen-bond acceptors (Lipinski definition) is 1. The Morgan fingerprint density at radius 2 is 1.93 bits per heavy atom. The highest BCUT2D eigenvalue weighted by Gasteiger charge is 2.01. The second-order valence-electron chi connectivity index (χ2n) is 3.76. The Kier molecular flexibility index (Phi) is 4.96. The van der Waals surface area contributed by atoms with Crippen LogP contribution in [-0.4, -0.2) is 13.6 Å². The summed E-state index contributed by atoms with van der Waals surface area (Å²) in [4.78, 5) is 2.27. The minimum Gasteiger partial charge on any atom is -0.374 e. The van der Waals surface area contributed by atoms with E-state index in [0.29, 0.717) is 0 Å². The van der Waals surface area contributed by atoms with Crippen molar-refractivity contribution in [3.8, 4) is 0 Å². The summed E-state index contributed by atoms with van der Waals surface area (Å²) >= 11 is 0. The molecule has 0 N–H and O–H groups in total. The molecule has 0 spiro atoms. The first kappa shape index (κ1) is 11.8. The summed E-state index contributed by atoms with van der Waals surface area (Å²) in [5.74, 6) is 0. The lowest BCUT2D eigenvalue weighted by Crippen LogP contribution is -2.16. The number of benzene rings is 1. The molecule has 1 aromatic carbocycles. The molecule has 0 aliphatic rings. The van der Waals surface area contributed by atoms with Crippen LogP contribution in [0.1, 0.15) is 32.3 Å². The van der Waals surface area contributed by atoms with Gasteiger partial charge in [-0.1, -0.05) is 43.7 Å². The topological polar surface area (TPSA) is 3.24 Å². The predicted octanol–water partition coefficient (Wildman–Crippen LogP) is 3.96. The normalized spacial score (nSPS) is 10.9. The summed E-state index contributed by atoms with van der Waals surface area (Å²) in [6, 6.07) is 8.54. The average molecular weight is 203 g/mol. The first-order valence-electron chi connectivity index (χ1n) is 5.76. The van der Waals surface area contributed by atoms with Crippen LogP contribution < -0.4 is 4.90 Å². The lowest BCUT2D eigenvalue weighted by Gasteiger charge is -2.19. The molecule has 0 bridgehead atoms. The van der Waals surface area contributed by atoms with Crippen molar-refractivity contribution < 1.29 is 0 Å². The molecule has 82 valence electrons. The van der Waals surface area contributed by atoms with E-state index in [1.165, 1.54) is 17.7 Å². The van der Waals surface area contributed by atoms with Gasteiger partial charge in [-0.25, -0.2) is 0 Å². The molecule has 0 saturated carbocycles. The van der Waals surface area contributed by atoms with Crippen molar-refractivity contribution in [2.45, 2.75) is 26.7 Å². The van der Waals surface area contributed by atoms with Crippen LogP contribution in [0.2, 0.25) is 0 Å². The van der Waals surface area contributed by atoms with Crippen LogP contribution in [-0.2, 0) is 0 Å². The molecule has 1 heteroatoms. The van der Waals surface area contributed by atoms with Gasteiger partial charge < -0.3 is 4.90 Å². The summed E-state index contributed by atoms with van der Waals surface area (Å²) in [6.07, 6.45) is 6.85. The van der Waals surface area contributed by atoms with E-state index in [-0.39, 0.29) is 0 Å². The Balaban J connectivity index is 2.86. The molecule has 0 saturated heterocycles. The van der Waals surface area contributed by atoms with Crippen molar-refractivity contribution in [2.75, 3.05) is 18.5 Å². The van der Waals surface area contributed by atoms with Crippen molar-refractivity contribution in [1.29, 1.82) is 0 Å². The van der Waals surface area contributed by atoms with Gasteiger partial charge in [-0.3, -0.25) is 0 Å². The van der Waals surface area contributed by atoms with Gasteiger partial charge in [0.2, 0.25) is 0 Å². The summed E-state index contributed by atoms with van der Waals surface area (Å²) in [5.41, 5.74) is 2.63. The molecule has 15 heavy (non-hydrogen) atoms. The number of rotatable bonds is 5. The molecule has 0 atom stereocenters. The zero-order chi connectivity index (χ0) is 11.1. The molecule has 0 aliphatic heterocycles. The summed E-state index contributed by atoms with van der Waals surface area (Å²) in [7, 11) is 2.13. The van der Waals surface area contributed by atoms with Gasteiger partial charge in [0, 0.05) is 19.3 Å². The van der Waals surface area contributed by atoms with E-state index in [0.717, 1.165) is 13.0 Å². The van der Waals surface area contributed by atoms with Crippen LogP contribution in [0.15, 0.2) is 30.3 Å². The van der Waals surface area contributed by atoms with Gasteiger partial charge in [0.05, 0.1) is 0 Å². The minimum absolute atomic E-state index is 1.04. The van der Waals surface area contributed by atoms with Crippen LogP contribution in [0.4, 0.5) is 5.69 Å². The quantitative estimate of drug-likeness (QED) is 0.700. The molecule has 0 fully saturated rings. The van der Waals surface area contributed by atoms with E-state index in [4.69, 9.17) is 0 Å². The maximum atomic E-state index is 2.27. The molecule has 0 amide bonds. The minimum atomic E-state index is 1.04. The summed E-state index contributed by atoms with van der Waals surface area (Å²) < 4.78 is 0. The molecular weight excluding hydrogens is 182 g/mol. The van der Waals surface area contributed by atoms with Gasteiger partial charge >= 0.3 is 0 Å². The SMILES string of the molecule is CCC/C=C/c1ccccc1N(C)CC. The Labute approximate surface area is 93.4 Å². The number of nitrogens with zero attached hydrogens (tertiary/aromatic N) is 1. The Morgan fingerprint density at radius 3 is 2.60 bits per heavy atom. The van der Waals surface area contributed by atoms with Crippen molar-refractivity contribution in [2.24, 2.45) is 0 Å². The Hall–Kier alpha value is -1.24.